The molecule has 1 amide bonds. The Kier molecular flexibility index (Phi) is 5.40. The van der Waals surface area contributed by atoms with Crippen LogP contribution in [0.1, 0.15) is 5.56 Å². The molecular weight excluding hydrogens is 312 g/mol. The molecule has 0 saturated carbocycles. The number of carbonyl (C=O) groups is 1. The zero-order valence-electron chi connectivity index (χ0n) is 12.2. The minimum Gasteiger partial charge on any atom is -0.307 e. The van der Waals surface area contributed by atoms with Gasteiger partial charge in [0.15, 0.2) is 0 Å². The molecule has 0 aliphatic carbocycles. The van der Waals surface area contributed by atoms with Crippen LogP contribution in [0.15, 0.2) is 54.9 Å². The molecule has 3 nitrogen and oxygen atoms in total. The number of carbonyl (C=O) groups excluding carboxylic acids is 1. The third-order valence-corrected chi connectivity index (χ3v) is 6.26. The Hall–Kier alpha value is -1.46. The van der Waals surface area contributed by atoms with Crippen molar-refractivity contribution in [3.8, 4) is 0 Å². The summed E-state index contributed by atoms with van der Waals surface area (Å²) in [7, 11) is 0. The van der Waals surface area contributed by atoms with Crippen molar-refractivity contribution < 1.29 is 4.79 Å². The monoisotopic (exact) mass is 330 g/mol. The first-order chi connectivity index (χ1) is 10.8. The van der Waals surface area contributed by atoms with Crippen molar-refractivity contribution >= 4 is 35.1 Å². The summed E-state index contributed by atoms with van der Waals surface area (Å²) >= 11 is 3.65. The van der Waals surface area contributed by atoms with Crippen LogP contribution >= 0.6 is 23.5 Å². The van der Waals surface area contributed by atoms with Crippen LogP contribution in [0.2, 0.25) is 0 Å². The lowest BCUT2D eigenvalue weighted by Gasteiger charge is -2.29. The van der Waals surface area contributed by atoms with Crippen molar-refractivity contribution in [2.45, 2.75) is 11.8 Å². The fourth-order valence-electron chi connectivity index (χ4n) is 2.39. The van der Waals surface area contributed by atoms with Crippen LogP contribution in [0, 0.1) is 0 Å². The van der Waals surface area contributed by atoms with Crippen molar-refractivity contribution in [2.75, 3.05) is 22.2 Å². The van der Waals surface area contributed by atoms with E-state index in [9.17, 15) is 4.79 Å². The van der Waals surface area contributed by atoms with E-state index in [4.69, 9.17) is 0 Å². The number of rotatable bonds is 4. The van der Waals surface area contributed by atoms with Gasteiger partial charge in [0.05, 0.1) is 11.8 Å². The molecule has 22 heavy (non-hydrogen) atoms. The first-order valence-corrected chi connectivity index (χ1v) is 9.49. The van der Waals surface area contributed by atoms with Crippen LogP contribution in [0.5, 0.6) is 0 Å². The molecule has 0 spiro atoms. The summed E-state index contributed by atoms with van der Waals surface area (Å²) in [5, 5.41) is 0.0515. The molecule has 1 saturated heterocycles. The third-order valence-electron chi connectivity index (χ3n) is 3.52. The molecule has 1 fully saturated rings. The van der Waals surface area contributed by atoms with Gasteiger partial charge >= 0.3 is 0 Å². The molecule has 1 aromatic carbocycles. The normalized spacial score (nSPS) is 17.9. The number of thioether (sulfide) groups is 2. The molecule has 1 aliphatic heterocycles. The quantitative estimate of drug-likeness (QED) is 0.859. The summed E-state index contributed by atoms with van der Waals surface area (Å²) in [6.07, 6.45) is 3.48. The average molecular weight is 330 g/mol. The van der Waals surface area contributed by atoms with Gasteiger partial charge in [-0.2, -0.15) is 11.8 Å². The second-order valence-corrected chi connectivity index (χ2v) is 7.51. The van der Waals surface area contributed by atoms with Gasteiger partial charge in [-0.25, -0.2) is 0 Å². The zero-order valence-corrected chi connectivity index (χ0v) is 13.9. The highest BCUT2D eigenvalue weighted by molar-refractivity contribution is 8.07. The smallest absolute Gasteiger partial charge is 0.241 e. The van der Waals surface area contributed by atoms with Crippen LogP contribution in [-0.2, 0) is 11.3 Å². The van der Waals surface area contributed by atoms with Gasteiger partial charge in [0.2, 0.25) is 5.91 Å². The van der Waals surface area contributed by atoms with E-state index in [0.717, 1.165) is 28.5 Å². The standard InChI is InChI=1S/C17H18N2OS2/c20-17(16-13-21-10-11-22-16)19(15-6-8-18-9-7-15)12-14-4-2-1-3-5-14/h1-9,16H,10-13H2/t16-/m1/s1. The lowest BCUT2D eigenvalue weighted by Crippen LogP contribution is -2.40. The second-order valence-electron chi connectivity index (χ2n) is 5.05. The highest BCUT2D eigenvalue weighted by Gasteiger charge is 2.28. The number of anilines is 1. The van der Waals surface area contributed by atoms with Crippen LogP contribution in [0.4, 0.5) is 5.69 Å². The first kappa shape index (κ1) is 15.4. The summed E-state index contributed by atoms with van der Waals surface area (Å²) in [6, 6.07) is 13.9. The van der Waals surface area contributed by atoms with Crippen molar-refractivity contribution in [3.63, 3.8) is 0 Å². The van der Waals surface area contributed by atoms with Crippen molar-refractivity contribution in [1.29, 1.82) is 0 Å². The van der Waals surface area contributed by atoms with Crippen LogP contribution in [0.3, 0.4) is 0 Å². The fraction of sp³-hybridized carbons (Fsp3) is 0.294. The number of aromatic nitrogens is 1. The van der Waals surface area contributed by atoms with Crippen molar-refractivity contribution in [1.82, 2.24) is 4.98 Å². The average Bonchev–Trinajstić information content (AvgIpc) is 2.61. The zero-order chi connectivity index (χ0) is 15.2. The number of pyridine rings is 1. The molecule has 1 aliphatic rings. The molecule has 1 aromatic heterocycles. The Bertz CT molecular complexity index is 601. The van der Waals surface area contributed by atoms with E-state index in [2.05, 4.69) is 17.1 Å². The molecule has 0 radical (unpaired) electrons. The molecule has 0 unspecified atom stereocenters. The van der Waals surface area contributed by atoms with Gasteiger partial charge in [-0.05, 0) is 17.7 Å². The van der Waals surface area contributed by atoms with Gasteiger partial charge in [0, 0.05) is 35.3 Å². The molecule has 0 bridgehead atoms. The van der Waals surface area contributed by atoms with E-state index in [0.29, 0.717) is 6.54 Å². The number of hydrogen-bond acceptors (Lipinski definition) is 4. The predicted octanol–water partition coefficient (Wildman–Crippen LogP) is 3.46. The molecule has 0 N–H and O–H groups in total. The number of benzene rings is 1. The van der Waals surface area contributed by atoms with Crippen LogP contribution in [-0.4, -0.2) is 33.4 Å². The highest BCUT2D eigenvalue weighted by Crippen LogP contribution is 2.28. The SMILES string of the molecule is O=C([C@H]1CSCCS1)N(Cc1ccccc1)c1ccncc1. The van der Waals surface area contributed by atoms with Crippen LogP contribution < -0.4 is 4.90 Å². The lowest BCUT2D eigenvalue weighted by molar-refractivity contribution is -0.117. The predicted molar refractivity (Wildman–Crippen MR) is 95.4 cm³/mol. The van der Waals surface area contributed by atoms with Crippen LogP contribution in [0.25, 0.3) is 0 Å². The fourth-order valence-corrected chi connectivity index (χ4v) is 5.00. The van der Waals surface area contributed by atoms with E-state index in [1.54, 1.807) is 24.2 Å². The Morgan fingerprint density at radius 3 is 2.59 bits per heavy atom. The molecule has 114 valence electrons. The largest absolute Gasteiger partial charge is 0.307 e. The minimum atomic E-state index is 0.0515. The molecule has 2 heterocycles. The van der Waals surface area contributed by atoms with Gasteiger partial charge in [0.1, 0.15) is 0 Å². The van der Waals surface area contributed by atoms with Gasteiger partial charge in [-0.3, -0.25) is 9.78 Å². The van der Waals surface area contributed by atoms with Gasteiger partial charge in [0.25, 0.3) is 0 Å². The summed E-state index contributed by atoms with van der Waals surface area (Å²) in [5.74, 6) is 3.30. The second kappa shape index (κ2) is 7.70. The molecular formula is C17H18N2OS2. The molecule has 5 heteroatoms. The number of nitrogens with zero attached hydrogens (tertiary/aromatic N) is 2. The molecule has 2 aromatic rings. The van der Waals surface area contributed by atoms with Gasteiger partial charge in [-0.15, -0.1) is 11.8 Å². The van der Waals surface area contributed by atoms with Crippen molar-refractivity contribution in [3.05, 3.63) is 60.4 Å². The number of amides is 1. The summed E-state index contributed by atoms with van der Waals surface area (Å²) < 4.78 is 0. The van der Waals surface area contributed by atoms with Crippen molar-refractivity contribution in [2.24, 2.45) is 0 Å². The molecule has 1 atom stereocenters. The summed E-state index contributed by atoms with van der Waals surface area (Å²) in [5.41, 5.74) is 2.06. The maximum atomic E-state index is 13.0. The third kappa shape index (κ3) is 3.84. The van der Waals surface area contributed by atoms with E-state index in [1.807, 2.05) is 47.0 Å². The first-order valence-electron chi connectivity index (χ1n) is 7.29. The Labute approximate surface area is 139 Å². The van der Waals surface area contributed by atoms with E-state index >= 15 is 0 Å². The van der Waals surface area contributed by atoms with E-state index in [1.165, 1.54) is 0 Å². The highest BCUT2D eigenvalue weighted by atomic mass is 32.2. The summed E-state index contributed by atoms with van der Waals surface area (Å²) in [6.45, 7) is 0.603. The topological polar surface area (TPSA) is 33.2 Å². The molecule has 3 rings (SSSR count). The number of hydrogen-bond donors (Lipinski definition) is 0. The van der Waals surface area contributed by atoms with Gasteiger partial charge < -0.3 is 4.90 Å². The summed E-state index contributed by atoms with van der Waals surface area (Å²) in [4.78, 5) is 18.9. The van der Waals surface area contributed by atoms with Gasteiger partial charge in [-0.1, -0.05) is 30.3 Å². The Morgan fingerprint density at radius 2 is 1.91 bits per heavy atom. The lowest BCUT2D eigenvalue weighted by atomic mass is 10.2. The van der Waals surface area contributed by atoms with E-state index < -0.39 is 0 Å². The maximum Gasteiger partial charge on any atom is 0.241 e. The maximum absolute atomic E-state index is 13.0. The Balaban J connectivity index is 1.84. The van der Waals surface area contributed by atoms with E-state index in [-0.39, 0.29) is 11.2 Å². The minimum absolute atomic E-state index is 0.0515. The Morgan fingerprint density at radius 1 is 1.14 bits per heavy atom.